The largest absolute Gasteiger partial charge is 0.489 e. The number of rotatable bonds is 18. The number of benzene rings is 4. The average Bonchev–Trinajstić information content (AvgIpc) is 4.16. The Labute approximate surface area is 397 Å². The third kappa shape index (κ3) is 11.6. The van der Waals surface area contributed by atoms with Gasteiger partial charge in [0.2, 0.25) is 0 Å². The van der Waals surface area contributed by atoms with Crippen molar-refractivity contribution < 1.29 is 46.8 Å². The highest BCUT2D eigenvalue weighted by atomic mass is 35.5. The Morgan fingerprint density at radius 1 is 0.776 bits per heavy atom. The lowest BCUT2D eigenvalue weighted by Gasteiger charge is -2.43. The van der Waals surface area contributed by atoms with Crippen LogP contribution >= 0.6 is 23.2 Å². The van der Waals surface area contributed by atoms with Gasteiger partial charge in [0.15, 0.2) is 11.5 Å². The summed E-state index contributed by atoms with van der Waals surface area (Å²) in [5.41, 5.74) is 3.84. The molecule has 4 aliphatic heterocycles. The molecule has 10 rings (SSSR count). The average molecular weight is 956 g/mol. The fourth-order valence-corrected chi connectivity index (χ4v) is 9.38. The molecule has 1 aromatic heterocycles. The zero-order chi connectivity index (χ0) is 46.4. The highest BCUT2D eigenvalue weighted by Gasteiger charge is 2.39. The summed E-state index contributed by atoms with van der Waals surface area (Å²) >= 11 is 13.0. The molecule has 5 aliphatic rings. The van der Waals surface area contributed by atoms with Crippen molar-refractivity contribution in [2.24, 2.45) is 17.8 Å². The van der Waals surface area contributed by atoms with Gasteiger partial charge in [-0.25, -0.2) is 4.79 Å². The van der Waals surface area contributed by atoms with Crippen molar-refractivity contribution in [3.05, 3.63) is 153 Å². The predicted octanol–water partition coefficient (Wildman–Crippen LogP) is 9.87. The molecule has 1 aliphatic carbocycles. The highest BCUT2D eigenvalue weighted by Crippen LogP contribution is 2.39. The number of alkyl carbamates (subject to hydrolysis) is 1. The molecule has 350 valence electrons. The van der Waals surface area contributed by atoms with Crippen LogP contribution in [0.15, 0.2) is 109 Å². The van der Waals surface area contributed by atoms with Crippen molar-refractivity contribution in [3.8, 4) is 17.2 Å². The van der Waals surface area contributed by atoms with E-state index in [4.69, 9.17) is 46.9 Å². The molecule has 5 aromatic rings. The smallest absolute Gasteiger partial charge is 0.408 e. The molecule has 5 fully saturated rings. The summed E-state index contributed by atoms with van der Waals surface area (Å²) in [7, 11) is 0. The lowest BCUT2D eigenvalue weighted by molar-refractivity contribution is -0.159. The molecule has 12 nitrogen and oxygen atoms in total. The van der Waals surface area contributed by atoms with Gasteiger partial charge in [0.25, 0.3) is 5.91 Å². The minimum Gasteiger partial charge on any atom is -0.489 e. The van der Waals surface area contributed by atoms with Gasteiger partial charge in [-0.1, -0.05) is 83.9 Å². The van der Waals surface area contributed by atoms with Crippen LogP contribution in [0.3, 0.4) is 0 Å². The van der Waals surface area contributed by atoms with E-state index >= 15 is 0 Å². The Balaban J connectivity index is 0.827. The maximum absolute atomic E-state index is 13.7. The second kappa shape index (κ2) is 20.9. The number of esters is 1. The van der Waals surface area contributed by atoms with Crippen molar-refractivity contribution in [1.82, 2.24) is 20.1 Å². The monoisotopic (exact) mass is 954 g/mol. The zero-order valence-corrected chi connectivity index (χ0v) is 38.1. The van der Waals surface area contributed by atoms with Gasteiger partial charge in [-0.3, -0.25) is 19.5 Å². The molecular weight excluding hydrogens is 905 g/mol. The van der Waals surface area contributed by atoms with Gasteiger partial charge in [-0.05, 0) is 115 Å². The summed E-state index contributed by atoms with van der Waals surface area (Å²) < 4.78 is 55.6. The quantitative estimate of drug-likeness (QED) is 0.0848. The predicted molar refractivity (Wildman–Crippen MR) is 246 cm³/mol. The van der Waals surface area contributed by atoms with Crippen molar-refractivity contribution in [2.75, 3.05) is 39.3 Å². The lowest BCUT2D eigenvalue weighted by Crippen LogP contribution is -2.53. The second-order valence-electron chi connectivity index (χ2n) is 17.6. The number of nitrogens with zero attached hydrogens (tertiary/aromatic N) is 3. The number of amides is 2. The Kier molecular flexibility index (Phi) is 14.4. The molecule has 4 saturated heterocycles. The van der Waals surface area contributed by atoms with E-state index in [-0.39, 0.29) is 59.7 Å². The van der Waals surface area contributed by atoms with Crippen molar-refractivity contribution >= 4 is 41.2 Å². The molecule has 3 atom stereocenters. The van der Waals surface area contributed by atoms with Gasteiger partial charge in [0.1, 0.15) is 24.6 Å². The van der Waals surface area contributed by atoms with Crippen LogP contribution < -0.4 is 19.5 Å². The molecule has 5 heterocycles. The van der Waals surface area contributed by atoms with E-state index in [0.29, 0.717) is 40.9 Å². The van der Waals surface area contributed by atoms with Crippen LogP contribution in [0.25, 0.3) is 0 Å². The molecule has 1 N–H and O–H groups in total. The van der Waals surface area contributed by atoms with Gasteiger partial charge in [0.05, 0.1) is 28.6 Å². The first-order chi connectivity index (χ1) is 32.5. The van der Waals surface area contributed by atoms with Crippen LogP contribution in [0, 0.1) is 17.8 Å². The minimum absolute atomic E-state index is 0.0521. The van der Waals surface area contributed by atoms with E-state index in [9.17, 15) is 23.2 Å². The fraction of sp³-hybridized carbons (Fsp3) is 0.373. The molecule has 0 radical (unpaired) electrons. The van der Waals surface area contributed by atoms with Gasteiger partial charge < -0.3 is 33.9 Å². The van der Waals surface area contributed by atoms with Gasteiger partial charge in [0, 0.05) is 44.0 Å². The number of carbonyl (C=O) groups excluding carboxylic acids is 3. The zero-order valence-electron chi connectivity index (χ0n) is 36.5. The molecular formula is C51H50Cl2F2N4O8. The van der Waals surface area contributed by atoms with Crippen LogP contribution in [0.4, 0.5) is 13.6 Å². The number of carbonyl (C=O) groups is 3. The Morgan fingerprint density at radius 3 is 2.24 bits per heavy atom. The number of ether oxygens (including phenoxy) is 5. The Morgan fingerprint density at radius 2 is 1.52 bits per heavy atom. The molecule has 67 heavy (non-hydrogen) atoms. The SMILES string of the molecule is O=C(N[C@@H](c1ccccc1)c1cccc(OCc2cccc(C(=O)N3CC(C(=O)O[C@@H](Cc4c(Cl)cncc4Cl)c4ccc(OC(F)F)c(OCC5CC5)c4)C3)c2)c1)O[C@H]1CN2CCC1CC2. The number of aromatic nitrogens is 1. The van der Waals surface area contributed by atoms with Gasteiger partial charge in [-0.15, -0.1) is 0 Å². The summed E-state index contributed by atoms with van der Waals surface area (Å²) in [5, 5.41) is 3.64. The van der Waals surface area contributed by atoms with Crippen LogP contribution in [0.5, 0.6) is 17.2 Å². The maximum Gasteiger partial charge on any atom is 0.408 e. The van der Waals surface area contributed by atoms with E-state index in [0.717, 1.165) is 62.0 Å². The standard InChI is InChI=1S/C51H50Cl2F2N4O8/c52-41-24-56-25-42(53)40(41)23-44(35-14-15-43(66-50(54)55)45(22-35)64-29-31-12-13-31)65-49(61)38-26-59(27-38)48(60)37-10-4-6-32(20-37)30-63-39-11-5-9-36(21-39)47(34-7-2-1-3-8-34)57-51(62)67-46-28-58-18-16-33(46)17-19-58/h1-11,14-15,20-22,24-25,31,33,38,44,46-47,50H,12-13,16-19,23,26-30H2,(H,57,62)/t44-,46-,47-/m0/s1. The minimum atomic E-state index is -3.07. The number of halogens is 4. The molecule has 16 heteroatoms. The molecule has 2 bridgehead atoms. The first kappa shape index (κ1) is 46.2. The van der Waals surface area contributed by atoms with E-state index in [1.54, 1.807) is 23.1 Å². The van der Waals surface area contributed by atoms with E-state index in [1.165, 1.54) is 30.6 Å². The lowest BCUT2D eigenvalue weighted by atomic mass is 9.86. The van der Waals surface area contributed by atoms with Crippen molar-refractivity contribution in [3.63, 3.8) is 0 Å². The van der Waals surface area contributed by atoms with Crippen LogP contribution in [-0.2, 0) is 27.3 Å². The summed E-state index contributed by atoms with van der Waals surface area (Å²) in [6.07, 6.45) is 5.43. The maximum atomic E-state index is 13.7. The number of nitrogens with one attached hydrogen (secondary N) is 1. The van der Waals surface area contributed by atoms with Gasteiger partial charge >= 0.3 is 18.7 Å². The topological polar surface area (TPSA) is 129 Å². The summed E-state index contributed by atoms with van der Waals surface area (Å²) in [4.78, 5) is 48.7. The van der Waals surface area contributed by atoms with Crippen molar-refractivity contribution in [1.29, 1.82) is 0 Å². The Bertz CT molecular complexity index is 2540. The van der Waals surface area contributed by atoms with Crippen LogP contribution in [0.1, 0.15) is 76.0 Å². The number of piperidine rings is 3. The van der Waals surface area contributed by atoms with Crippen molar-refractivity contribution in [2.45, 2.75) is 63.6 Å². The normalized spacial score (nSPS) is 19.8. The van der Waals surface area contributed by atoms with E-state index in [1.807, 2.05) is 60.7 Å². The fourth-order valence-electron chi connectivity index (χ4n) is 8.86. The summed E-state index contributed by atoms with van der Waals surface area (Å²) in [5.74, 6) is -0.177. The number of hydrogen-bond acceptors (Lipinski definition) is 10. The number of hydrogen-bond donors (Lipinski definition) is 1. The highest BCUT2D eigenvalue weighted by molar-refractivity contribution is 6.35. The summed E-state index contributed by atoms with van der Waals surface area (Å²) in [6.45, 7) is 0.543. The van der Waals surface area contributed by atoms with Crippen LogP contribution in [0.2, 0.25) is 10.0 Å². The number of likely N-dealkylation sites (tertiary alicyclic amines) is 1. The van der Waals surface area contributed by atoms with E-state index in [2.05, 4.69) is 15.2 Å². The third-order valence-electron chi connectivity index (χ3n) is 12.8. The Hall–Kier alpha value is -5.96. The molecule has 4 aromatic carbocycles. The third-order valence-corrected chi connectivity index (χ3v) is 13.5. The molecule has 0 unspecified atom stereocenters. The first-order valence-corrected chi connectivity index (χ1v) is 23.3. The molecule has 0 spiro atoms. The first-order valence-electron chi connectivity index (χ1n) is 22.6. The van der Waals surface area contributed by atoms with E-state index < -0.39 is 36.7 Å². The number of fused-ring (bicyclic) bond motifs is 3. The number of pyridine rings is 1. The summed E-state index contributed by atoms with van der Waals surface area (Å²) in [6, 6.07) is 28.3. The van der Waals surface area contributed by atoms with Crippen LogP contribution in [-0.4, -0.2) is 84.8 Å². The molecule has 1 saturated carbocycles. The second-order valence-corrected chi connectivity index (χ2v) is 18.4. The molecule has 2 amide bonds. The number of alkyl halides is 2. The van der Waals surface area contributed by atoms with Gasteiger partial charge in [-0.2, -0.15) is 8.78 Å².